The maximum absolute atomic E-state index is 11.5. The number of rotatable bonds is 8. The molecule has 0 heterocycles. The van der Waals surface area contributed by atoms with Crippen molar-refractivity contribution in [1.29, 1.82) is 0 Å². The molecule has 0 aliphatic carbocycles. The predicted octanol–water partition coefficient (Wildman–Crippen LogP) is 2.78. The molecule has 0 radical (unpaired) electrons. The topological polar surface area (TPSA) is 78.4 Å². The fourth-order valence-corrected chi connectivity index (χ4v) is 1.75. The van der Waals surface area contributed by atoms with Gasteiger partial charge in [0.2, 0.25) is 0 Å². The Balaban J connectivity index is 2.06. The van der Waals surface area contributed by atoms with Crippen LogP contribution in [0, 0.1) is 0 Å². The van der Waals surface area contributed by atoms with E-state index in [9.17, 15) is 9.59 Å². The average molecular weight is 299 g/mol. The molecule has 0 aliphatic heterocycles. The van der Waals surface area contributed by atoms with Gasteiger partial charge in [0.15, 0.2) is 0 Å². The Morgan fingerprint density at radius 1 is 1.05 bits per heavy atom. The number of carbonyl (C=O) groups is 2. The van der Waals surface area contributed by atoms with Crippen LogP contribution in [0.2, 0.25) is 5.02 Å². The second kappa shape index (κ2) is 9.20. The molecule has 1 rings (SSSR count). The van der Waals surface area contributed by atoms with Gasteiger partial charge in [-0.1, -0.05) is 30.2 Å². The number of amides is 2. The van der Waals surface area contributed by atoms with Gasteiger partial charge in [0, 0.05) is 24.5 Å². The molecule has 0 saturated carbocycles. The number of carboxylic acids is 1. The van der Waals surface area contributed by atoms with Gasteiger partial charge >= 0.3 is 12.0 Å². The molecular formula is C14H19ClN2O3. The number of nitrogens with one attached hydrogen (secondary N) is 2. The average Bonchev–Trinajstić information content (AvgIpc) is 2.41. The Bertz CT molecular complexity index is 435. The van der Waals surface area contributed by atoms with Crippen LogP contribution in [0.15, 0.2) is 24.3 Å². The Morgan fingerprint density at radius 2 is 1.75 bits per heavy atom. The van der Waals surface area contributed by atoms with Gasteiger partial charge < -0.3 is 15.7 Å². The maximum Gasteiger partial charge on any atom is 0.315 e. The van der Waals surface area contributed by atoms with E-state index in [0.29, 0.717) is 24.5 Å². The number of aliphatic carboxylic acids is 1. The molecule has 0 unspecified atom stereocenters. The van der Waals surface area contributed by atoms with Crippen molar-refractivity contribution in [2.75, 3.05) is 6.54 Å². The first-order valence-corrected chi connectivity index (χ1v) is 6.93. The zero-order valence-corrected chi connectivity index (χ0v) is 11.9. The summed E-state index contributed by atoms with van der Waals surface area (Å²) in [7, 11) is 0. The molecule has 6 heteroatoms. The lowest BCUT2D eigenvalue weighted by molar-refractivity contribution is -0.137. The van der Waals surface area contributed by atoms with Crippen LogP contribution in [0.25, 0.3) is 0 Å². The summed E-state index contributed by atoms with van der Waals surface area (Å²) in [5.74, 6) is -0.779. The molecule has 1 aromatic rings. The first-order chi connectivity index (χ1) is 9.58. The van der Waals surface area contributed by atoms with Crippen LogP contribution in [0.1, 0.15) is 31.2 Å². The molecule has 20 heavy (non-hydrogen) atoms. The SMILES string of the molecule is O=C(O)CCCCCNC(=O)NCc1ccc(Cl)cc1. The number of hydrogen-bond acceptors (Lipinski definition) is 2. The van der Waals surface area contributed by atoms with E-state index in [1.165, 1.54) is 0 Å². The number of benzene rings is 1. The lowest BCUT2D eigenvalue weighted by atomic mass is 10.2. The third kappa shape index (κ3) is 7.63. The van der Waals surface area contributed by atoms with Crippen LogP contribution in [-0.4, -0.2) is 23.7 Å². The van der Waals surface area contributed by atoms with Gasteiger partial charge in [-0.05, 0) is 30.5 Å². The van der Waals surface area contributed by atoms with E-state index < -0.39 is 5.97 Å². The highest BCUT2D eigenvalue weighted by Crippen LogP contribution is 2.08. The molecular weight excluding hydrogens is 280 g/mol. The van der Waals surface area contributed by atoms with Gasteiger partial charge in [0.05, 0.1) is 0 Å². The largest absolute Gasteiger partial charge is 0.481 e. The molecule has 0 spiro atoms. The molecule has 0 fully saturated rings. The molecule has 110 valence electrons. The van der Waals surface area contributed by atoms with E-state index in [2.05, 4.69) is 10.6 Å². The van der Waals surface area contributed by atoms with Crippen molar-refractivity contribution in [3.05, 3.63) is 34.9 Å². The van der Waals surface area contributed by atoms with Crippen LogP contribution < -0.4 is 10.6 Å². The number of urea groups is 1. The molecule has 0 aliphatic rings. The lowest BCUT2D eigenvalue weighted by Crippen LogP contribution is -2.35. The zero-order chi connectivity index (χ0) is 14.8. The van der Waals surface area contributed by atoms with Gasteiger partial charge in [-0.25, -0.2) is 4.79 Å². The second-order valence-electron chi connectivity index (χ2n) is 4.44. The van der Waals surface area contributed by atoms with Crippen molar-refractivity contribution in [1.82, 2.24) is 10.6 Å². The van der Waals surface area contributed by atoms with E-state index in [4.69, 9.17) is 16.7 Å². The van der Waals surface area contributed by atoms with E-state index in [1.807, 2.05) is 12.1 Å². The summed E-state index contributed by atoms with van der Waals surface area (Å²) in [6.45, 7) is 0.994. The van der Waals surface area contributed by atoms with Gasteiger partial charge in [0.1, 0.15) is 0 Å². The Labute approximate surface area is 123 Å². The van der Waals surface area contributed by atoms with Crippen molar-refractivity contribution in [3.63, 3.8) is 0 Å². The summed E-state index contributed by atoms with van der Waals surface area (Å²) in [6, 6.07) is 7.04. The van der Waals surface area contributed by atoms with E-state index in [-0.39, 0.29) is 12.5 Å². The number of carboxylic acid groups (broad SMARTS) is 1. The van der Waals surface area contributed by atoms with E-state index in [0.717, 1.165) is 18.4 Å². The quantitative estimate of drug-likeness (QED) is 0.646. The molecule has 1 aromatic carbocycles. The number of hydrogen-bond donors (Lipinski definition) is 3. The van der Waals surface area contributed by atoms with Crippen LogP contribution in [0.4, 0.5) is 4.79 Å². The first kappa shape index (κ1) is 16.3. The van der Waals surface area contributed by atoms with Gasteiger partial charge in [-0.3, -0.25) is 4.79 Å². The highest BCUT2D eigenvalue weighted by Gasteiger charge is 2.00. The molecule has 0 atom stereocenters. The third-order valence-corrected chi connectivity index (χ3v) is 2.97. The normalized spacial score (nSPS) is 10.1. The number of unbranched alkanes of at least 4 members (excludes halogenated alkanes) is 2. The lowest BCUT2D eigenvalue weighted by Gasteiger charge is -2.07. The zero-order valence-electron chi connectivity index (χ0n) is 11.2. The van der Waals surface area contributed by atoms with E-state index in [1.54, 1.807) is 12.1 Å². The molecule has 0 bridgehead atoms. The summed E-state index contributed by atoms with van der Waals surface area (Å²) in [5, 5.41) is 14.6. The van der Waals surface area contributed by atoms with Crippen molar-refractivity contribution in [2.45, 2.75) is 32.2 Å². The molecule has 3 N–H and O–H groups in total. The van der Waals surface area contributed by atoms with Gasteiger partial charge in [-0.15, -0.1) is 0 Å². The van der Waals surface area contributed by atoms with Gasteiger partial charge in [0.25, 0.3) is 0 Å². The van der Waals surface area contributed by atoms with Crippen molar-refractivity contribution in [2.24, 2.45) is 0 Å². The molecule has 0 saturated heterocycles. The Kier molecular flexibility index (Phi) is 7.50. The van der Waals surface area contributed by atoms with Gasteiger partial charge in [-0.2, -0.15) is 0 Å². The maximum atomic E-state index is 11.5. The van der Waals surface area contributed by atoms with Crippen LogP contribution in [0.5, 0.6) is 0 Å². The summed E-state index contributed by atoms with van der Waals surface area (Å²) in [6.07, 6.45) is 2.40. The highest BCUT2D eigenvalue weighted by molar-refractivity contribution is 6.30. The summed E-state index contributed by atoms with van der Waals surface area (Å²) < 4.78 is 0. The minimum absolute atomic E-state index is 0.183. The summed E-state index contributed by atoms with van der Waals surface area (Å²) >= 11 is 5.77. The smallest absolute Gasteiger partial charge is 0.315 e. The van der Waals surface area contributed by atoms with Crippen molar-refractivity contribution in [3.8, 4) is 0 Å². The minimum atomic E-state index is -0.779. The summed E-state index contributed by atoms with van der Waals surface area (Å²) in [4.78, 5) is 21.8. The minimum Gasteiger partial charge on any atom is -0.481 e. The molecule has 2 amide bonds. The van der Waals surface area contributed by atoms with Crippen LogP contribution in [-0.2, 0) is 11.3 Å². The molecule has 0 aromatic heterocycles. The Morgan fingerprint density at radius 3 is 2.40 bits per heavy atom. The van der Waals surface area contributed by atoms with Crippen LogP contribution in [0.3, 0.4) is 0 Å². The number of carbonyl (C=O) groups excluding carboxylic acids is 1. The fraction of sp³-hybridized carbons (Fsp3) is 0.429. The third-order valence-electron chi connectivity index (χ3n) is 2.72. The monoisotopic (exact) mass is 298 g/mol. The van der Waals surface area contributed by atoms with E-state index >= 15 is 0 Å². The second-order valence-corrected chi connectivity index (χ2v) is 4.88. The van der Waals surface area contributed by atoms with Crippen LogP contribution >= 0.6 is 11.6 Å². The van der Waals surface area contributed by atoms with Crippen molar-refractivity contribution >= 4 is 23.6 Å². The fourth-order valence-electron chi connectivity index (χ4n) is 1.63. The molecule has 5 nitrogen and oxygen atoms in total. The van der Waals surface area contributed by atoms with Crippen molar-refractivity contribution < 1.29 is 14.7 Å². The number of halogens is 1. The standard InChI is InChI=1S/C14H19ClN2O3/c15-12-7-5-11(6-8-12)10-17-14(20)16-9-3-1-2-4-13(18)19/h5-8H,1-4,9-10H2,(H,18,19)(H2,16,17,20). The highest BCUT2D eigenvalue weighted by atomic mass is 35.5. The first-order valence-electron chi connectivity index (χ1n) is 6.56. The predicted molar refractivity (Wildman–Crippen MR) is 77.8 cm³/mol. The Hall–Kier alpha value is -1.75. The summed E-state index contributed by atoms with van der Waals surface area (Å²) in [5.41, 5.74) is 0.978.